The van der Waals surface area contributed by atoms with Crippen molar-refractivity contribution in [2.45, 2.75) is 27.3 Å². The summed E-state index contributed by atoms with van der Waals surface area (Å²) in [4.78, 5) is 2.47. The second-order valence-corrected chi connectivity index (χ2v) is 6.30. The zero-order chi connectivity index (χ0) is 11.1. The van der Waals surface area contributed by atoms with E-state index < -0.39 is 0 Å². The van der Waals surface area contributed by atoms with Gasteiger partial charge in [-0.3, -0.25) is 4.90 Å². The number of rotatable bonds is 2. The molecule has 3 heteroatoms. The second-order valence-electron chi connectivity index (χ2n) is 5.52. The van der Waals surface area contributed by atoms with Gasteiger partial charge in [0.25, 0.3) is 0 Å². The van der Waals surface area contributed by atoms with Crippen molar-refractivity contribution in [3.05, 3.63) is 22.6 Å². The molecular formula is C12H18BrNO. The summed E-state index contributed by atoms with van der Waals surface area (Å²) in [5, 5.41) is 0. The van der Waals surface area contributed by atoms with Crippen LogP contribution in [0.4, 0.5) is 0 Å². The molecule has 0 radical (unpaired) electrons. The topological polar surface area (TPSA) is 16.4 Å². The van der Waals surface area contributed by atoms with Crippen LogP contribution in [0.3, 0.4) is 0 Å². The van der Waals surface area contributed by atoms with E-state index in [0.29, 0.717) is 5.41 Å². The first-order valence-electron chi connectivity index (χ1n) is 5.40. The average molecular weight is 272 g/mol. The molecule has 0 bridgehead atoms. The Kier molecular flexibility index (Phi) is 2.95. The van der Waals surface area contributed by atoms with Crippen LogP contribution in [0.1, 0.15) is 26.3 Å². The van der Waals surface area contributed by atoms with E-state index in [1.807, 2.05) is 12.3 Å². The highest BCUT2D eigenvalue weighted by Gasteiger charge is 2.35. The first-order chi connectivity index (χ1) is 6.95. The lowest BCUT2D eigenvalue weighted by atomic mass is 9.76. The van der Waals surface area contributed by atoms with Crippen molar-refractivity contribution < 1.29 is 4.42 Å². The highest BCUT2D eigenvalue weighted by atomic mass is 79.9. The Morgan fingerprint density at radius 3 is 2.60 bits per heavy atom. The van der Waals surface area contributed by atoms with Crippen molar-refractivity contribution in [3.8, 4) is 0 Å². The Labute approximate surface area is 99.8 Å². The van der Waals surface area contributed by atoms with E-state index in [4.69, 9.17) is 4.42 Å². The van der Waals surface area contributed by atoms with Gasteiger partial charge in [-0.25, -0.2) is 0 Å². The Hall–Kier alpha value is -0.280. The van der Waals surface area contributed by atoms with Crippen LogP contribution >= 0.6 is 15.9 Å². The number of halogens is 1. The van der Waals surface area contributed by atoms with Crippen molar-refractivity contribution in [1.82, 2.24) is 4.90 Å². The molecule has 84 valence electrons. The molecular weight excluding hydrogens is 254 g/mol. The summed E-state index contributed by atoms with van der Waals surface area (Å²) in [6.45, 7) is 10.4. The largest absolute Gasteiger partial charge is 0.457 e. The van der Waals surface area contributed by atoms with Crippen LogP contribution in [0, 0.1) is 11.3 Å². The van der Waals surface area contributed by atoms with Gasteiger partial charge in [-0.2, -0.15) is 0 Å². The first kappa shape index (κ1) is 11.2. The number of hydrogen-bond acceptors (Lipinski definition) is 2. The van der Waals surface area contributed by atoms with Crippen LogP contribution in [-0.2, 0) is 6.54 Å². The molecule has 1 aliphatic heterocycles. The van der Waals surface area contributed by atoms with Gasteiger partial charge in [0, 0.05) is 25.2 Å². The zero-order valence-electron chi connectivity index (χ0n) is 9.59. The third kappa shape index (κ3) is 2.64. The molecule has 1 fully saturated rings. The molecule has 0 N–H and O–H groups in total. The van der Waals surface area contributed by atoms with Gasteiger partial charge < -0.3 is 4.42 Å². The van der Waals surface area contributed by atoms with E-state index >= 15 is 0 Å². The maximum absolute atomic E-state index is 5.22. The minimum atomic E-state index is 0.452. The minimum Gasteiger partial charge on any atom is -0.457 e. The average Bonchev–Trinajstić information content (AvgIpc) is 2.40. The summed E-state index contributed by atoms with van der Waals surface area (Å²) >= 11 is 3.32. The van der Waals surface area contributed by atoms with Crippen LogP contribution < -0.4 is 0 Å². The van der Waals surface area contributed by atoms with Gasteiger partial charge >= 0.3 is 0 Å². The fourth-order valence-corrected chi connectivity index (χ4v) is 2.32. The summed E-state index contributed by atoms with van der Waals surface area (Å²) in [6.07, 6.45) is 1.83. The molecule has 1 aliphatic rings. The molecule has 0 saturated carbocycles. The lowest BCUT2D eigenvalue weighted by Crippen LogP contribution is -2.51. The SMILES string of the molecule is CC(C)(C)C1CN(Cc2coc(Br)c2)C1. The summed E-state index contributed by atoms with van der Waals surface area (Å²) in [5.41, 5.74) is 1.71. The lowest BCUT2D eigenvalue weighted by molar-refractivity contribution is 0.0188. The van der Waals surface area contributed by atoms with Crippen molar-refractivity contribution in [2.75, 3.05) is 13.1 Å². The summed E-state index contributed by atoms with van der Waals surface area (Å²) in [7, 11) is 0. The molecule has 2 heterocycles. The Balaban J connectivity index is 1.81. The molecule has 2 rings (SSSR count). The van der Waals surface area contributed by atoms with Gasteiger partial charge in [0.15, 0.2) is 4.67 Å². The fourth-order valence-electron chi connectivity index (χ4n) is 1.93. The van der Waals surface area contributed by atoms with Crippen LogP contribution in [0.2, 0.25) is 0 Å². The van der Waals surface area contributed by atoms with Crippen molar-refractivity contribution in [3.63, 3.8) is 0 Å². The van der Waals surface area contributed by atoms with Crippen LogP contribution in [0.25, 0.3) is 0 Å². The minimum absolute atomic E-state index is 0.452. The summed E-state index contributed by atoms with van der Waals surface area (Å²) in [5.74, 6) is 0.841. The number of hydrogen-bond donors (Lipinski definition) is 0. The summed E-state index contributed by atoms with van der Waals surface area (Å²) < 4.78 is 6.04. The first-order valence-corrected chi connectivity index (χ1v) is 6.20. The maximum Gasteiger partial charge on any atom is 0.169 e. The van der Waals surface area contributed by atoms with E-state index in [-0.39, 0.29) is 0 Å². The lowest BCUT2D eigenvalue weighted by Gasteiger charge is -2.46. The van der Waals surface area contributed by atoms with E-state index in [2.05, 4.69) is 41.6 Å². The summed E-state index contributed by atoms with van der Waals surface area (Å²) in [6, 6.07) is 2.05. The molecule has 2 nitrogen and oxygen atoms in total. The molecule has 0 aliphatic carbocycles. The number of nitrogens with zero attached hydrogens (tertiary/aromatic N) is 1. The van der Waals surface area contributed by atoms with Gasteiger partial charge in [0.1, 0.15) is 0 Å². The van der Waals surface area contributed by atoms with E-state index in [0.717, 1.165) is 17.1 Å². The molecule has 0 aromatic carbocycles. The third-order valence-electron chi connectivity index (χ3n) is 3.21. The molecule has 1 saturated heterocycles. The molecule has 1 aromatic heterocycles. The monoisotopic (exact) mass is 271 g/mol. The molecule has 0 spiro atoms. The van der Waals surface area contributed by atoms with Crippen LogP contribution in [0.15, 0.2) is 21.4 Å². The van der Waals surface area contributed by atoms with E-state index in [1.165, 1.54) is 18.7 Å². The molecule has 0 unspecified atom stereocenters. The van der Waals surface area contributed by atoms with Gasteiger partial charge in [-0.15, -0.1) is 0 Å². The van der Waals surface area contributed by atoms with E-state index in [9.17, 15) is 0 Å². The Morgan fingerprint density at radius 1 is 1.47 bits per heavy atom. The standard InChI is InChI=1S/C12H18BrNO/c1-12(2,3)10-6-14(7-10)5-9-4-11(13)15-8-9/h4,8,10H,5-7H2,1-3H3. The smallest absolute Gasteiger partial charge is 0.169 e. The Morgan fingerprint density at radius 2 is 2.13 bits per heavy atom. The number of furan rings is 1. The Bertz CT molecular complexity index is 334. The normalized spacial score (nSPS) is 19.2. The predicted octanol–water partition coefficient (Wildman–Crippen LogP) is 3.52. The predicted molar refractivity (Wildman–Crippen MR) is 64.6 cm³/mol. The van der Waals surface area contributed by atoms with Crippen molar-refractivity contribution in [1.29, 1.82) is 0 Å². The van der Waals surface area contributed by atoms with Crippen molar-refractivity contribution >= 4 is 15.9 Å². The highest BCUT2D eigenvalue weighted by Crippen LogP contribution is 2.34. The third-order valence-corrected chi connectivity index (χ3v) is 3.63. The highest BCUT2D eigenvalue weighted by molar-refractivity contribution is 9.10. The quantitative estimate of drug-likeness (QED) is 0.819. The number of likely N-dealkylation sites (tertiary alicyclic amines) is 1. The van der Waals surface area contributed by atoms with E-state index in [1.54, 1.807) is 0 Å². The van der Waals surface area contributed by atoms with Gasteiger partial charge in [-0.1, -0.05) is 20.8 Å². The molecule has 0 amide bonds. The van der Waals surface area contributed by atoms with Crippen LogP contribution in [0.5, 0.6) is 0 Å². The van der Waals surface area contributed by atoms with Gasteiger partial charge in [0.2, 0.25) is 0 Å². The second kappa shape index (κ2) is 3.95. The zero-order valence-corrected chi connectivity index (χ0v) is 11.2. The van der Waals surface area contributed by atoms with Gasteiger partial charge in [-0.05, 0) is 33.3 Å². The molecule has 1 aromatic rings. The maximum atomic E-state index is 5.22. The molecule has 15 heavy (non-hydrogen) atoms. The van der Waals surface area contributed by atoms with Gasteiger partial charge in [0.05, 0.1) is 6.26 Å². The fraction of sp³-hybridized carbons (Fsp3) is 0.667. The van der Waals surface area contributed by atoms with Crippen molar-refractivity contribution in [2.24, 2.45) is 11.3 Å². The molecule has 0 atom stereocenters. The van der Waals surface area contributed by atoms with Crippen LogP contribution in [-0.4, -0.2) is 18.0 Å².